The molecule has 0 radical (unpaired) electrons. The molecule has 4 heteroatoms. The minimum atomic E-state index is -0.174. The summed E-state index contributed by atoms with van der Waals surface area (Å²) < 4.78 is 5.11. The van der Waals surface area contributed by atoms with Gasteiger partial charge in [0, 0.05) is 19.7 Å². The van der Waals surface area contributed by atoms with Gasteiger partial charge >= 0.3 is 0 Å². The summed E-state index contributed by atoms with van der Waals surface area (Å²) in [6, 6.07) is 0.0418. The fraction of sp³-hybridized carbons (Fsp3) is 0.909. The molecule has 0 saturated carbocycles. The van der Waals surface area contributed by atoms with Gasteiger partial charge in [0.05, 0.1) is 12.6 Å². The highest BCUT2D eigenvalue weighted by Crippen LogP contribution is 2.03. The Balaban J connectivity index is 4.09. The fourth-order valence-electron chi connectivity index (χ4n) is 1.34. The number of rotatable bonds is 7. The molecule has 90 valence electrons. The monoisotopic (exact) mass is 216 g/mol. The minimum Gasteiger partial charge on any atom is -0.383 e. The normalized spacial score (nSPS) is 15.1. The lowest BCUT2D eigenvalue weighted by Crippen LogP contribution is -2.49. The van der Waals surface area contributed by atoms with Crippen LogP contribution in [0, 0.1) is 5.92 Å². The van der Waals surface area contributed by atoms with Crippen LogP contribution in [0.2, 0.25) is 0 Å². The van der Waals surface area contributed by atoms with Crippen LogP contribution in [0.3, 0.4) is 0 Å². The number of ether oxygens (including phenoxy) is 1. The molecular formula is C11H24N2O2. The van der Waals surface area contributed by atoms with Crippen LogP contribution < -0.4 is 10.6 Å². The molecule has 0 aromatic rings. The summed E-state index contributed by atoms with van der Waals surface area (Å²) in [5, 5.41) is 6.05. The zero-order chi connectivity index (χ0) is 11.8. The SMILES string of the molecule is CCNC(=O)C(C)NC(COC)C(C)C. The predicted octanol–water partition coefficient (Wildman–Crippen LogP) is 0.772. The Morgan fingerprint density at radius 2 is 1.93 bits per heavy atom. The van der Waals surface area contributed by atoms with Crippen molar-refractivity contribution in [2.24, 2.45) is 5.92 Å². The van der Waals surface area contributed by atoms with Gasteiger partial charge in [0.2, 0.25) is 5.91 Å². The topological polar surface area (TPSA) is 50.4 Å². The Hall–Kier alpha value is -0.610. The maximum atomic E-state index is 11.5. The molecule has 0 saturated heterocycles. The first-order chi connectivity index (χ1) is 7.02. The fourth-order valence-corrected chi connectivity index (χ4v) is 1.34. The largest absolute Gasteiger partial charge is 0.383 e. The lowest BCUT2D eigenvalue weighted by molar-refractivity contribution is -0.123. The summed E-state index contributed by atoms with van der Waals surface area (Å²) in [5.41, 5.74) is 0. The van der Waals surface area contributed by atoms with Crippen molar-refractivity contribution in [3.63, 3.8) is 0 Å². The number of hydrogen-bond donors (Lipinski definition) is 2. The van der Waals surface area contributed by atoms with Crippen molar-refractivity contribution >= 4 is 5.91 Å². The Morgan fingerprint density at radius 3 is 2.33 bits per heavy atom. The Bertz CT molecular complexity index is 183. The van der Waals surface area contributed by atoms with Crippen LogP contribution in [0.25, 0.3) is 0 Å². The lowest BCUT2D eigenvalue weighted by Gasteiger charge is -2.25. The van der Waals surface area contributed by atoms with Crippen molar-refractivity contribution in [3.8, 4) is 0 Å². The van der Waals surface area contributed by atoms with E-state index >= 15 is 0 Å². The molecule has 0 fully saturated rings. The highest BCUT2D eigenvalue weighted by molar-refractivity contribution is 5.81. The van der Waals surface area contributed by atoms with E-state index in [2.05, 4.69) is 24.5 Å². The smallest absolute Gasteiger partial charge is 0.236 e. The van der Waals surface area contributed by atoms with E-state index < -0.39 is 0 Å². The van der Waals surface area contributed by atoms with Crippen molar-refractivity contribution < 1.29 is 9.53 Å². The highest BCUT2D eigenvalue weighted by atomic mass is 16.5. The van der Waals surface area contributed by atoms with Crippen LogP contribution in [0.1, 0.15) is 27.7 Å². The van der Waals surface area contributed by atoms with Gasteiger partial charge in [-0.3, -0.25) is 4.79 Å². The van der Waals surface area contributed by atoms with Crippen molar-refractivity contribution in [3.05, 3.63) is 0 Å². The molecule has 15 heavy (non-hydrogen) atoms. The maximum Gasteiger partial charge on any atom is 0.236 e. The second-order valence-electron chi connectivity index (χ2n) is 4.09. The van der Waals surface area contributed by atoms with Gasteiger partial charge in [-0.15, -0.1) is 0 Å². The van der Waals surface area contributed by atoms with Gasteiger partial charge in [-0.1, -0.05) is 13.8 Å². The second-order valence-corrected chi connectivity index (χ2v) is 4.09. The van der Waals surface area contributed by atoms with E-state index in [1.54, 1.807) is 7.11 Å². The molecule has 0 aromatic heterocycles. The molecule has 2 N–H and O–H groups in total. The summed E-state index contributed by atoms with van der Waals surface area (Å²) >= 11 is 0. The highest BCUT2D eigenvalue weighted by Gasteiger charge is 2.19. The van der Waals surface area contributed by atoms with Crippen LogP contribution in [-0.4, -0.2) is 38.3 Å². The summed E-state index contributed by atoms with van der Waals surface area (Å²) in [5.74, 6) is 0.487. The van der Waals surface area contributed by atoms with Crippen LogP contribution >= 0.6 is 0 Å². The Kier molecular flexibility index (Phi) is 7.34. The Morgan fingerprint density at radius 1 is 1.33 bits per heavy atom. The molecule has 0 aliphatic carbocycles. The first kappa shape index (κ1) is 14.4. The standard InChI is InChI=1S/C11H24N2O2/c1-6-12-11(14)9(4)13-10(7-15-5)8(2)3/h8-10,13H,6-7H2,1-5H3,(H,12,14). The molecule has 0 spiro atoms. The predicted molar refractivity (Wildman–Crippen MR) is 61.8 cm³/mol. The number of amides is 1. The van der Waals surface area contributed by atoms with Gasteiger partial charge in [0.25, 0.3) is 0 Å². The second kappa shape index (κ2) is 7.65. The summed E-state index contributed by atoms with van der Waals surface area (Å²) in [6.07, 6.45) is 0. The molecule has 0 aliphatic heterocycles. The average molecular weight is 216 g/mol. The molecular weight excluding hydrogens is 192 g/mol. The van der Waals surface area contributed by atoms with E-state index in [-0.39, 0.29) is 18.0 Å². The number of nitrogens with one attached hydrogen (secondary N) is 2. The van der Waals surface area contributed by atoms with E-state index in [9.17, 15) is 4.79 Å². The van der Waals surface area contributed by atoms with Gasteiger partial charge in [-0.2, -0.15) is 0 Å². The van der Waals surface area contributed by atoms with Crippen LogP contribution in [0.4, 0.5) is 0 Å². The van der Waals surface area contributed by atoms with Gasteiger partial charge in [-0.05, 0) is 19.8 Å². The van der Waals surface area contributed by atoms with Gasteiger partial charge in [0.15, 0.2) is 0 Å². The third kappa shape index (κ3) is 5.74. The molecule has 2 unspecified atom stereocenters. The lowest BCUT2D eigenvalue weighted by atomic mass is 10.0. The number of methoxy groups -OCH3 is 1. The zero-order valence-corrected chi connectivity index (χ0v) is 10.5. The molecule has 1 amide bonds. The summed E-state index contributed by atoms with van der Waals surface area (Å²) in [4.78, 5) is 11.5. The first-order valence-corrected chi connectivity index (χ1v) is 5.55. The number of hydrogen-bond acceptors (Lipinski definition) is 3. The number of carbonyl (C=O) groups excluding carboxylic acids is 1. The first-order valence-electron chi connectivity index (χ1n) is 5.55. The molecule has 2 atom stereocenters. The van der Waals surface area contributed by atoms with Crippen molar-refractivity contribution in [1.82, 2.24) is 10.6 Å². The van der Waals surface area contributed by atoms with Crippen LogP contribution in [0.15, 0.2) is 0 Å². The molecule has 0 heterocycles. The van der Waals surface area contributed by atoms with Gasteiger partial charge < -0.3 is 15.4 Å². The molecule has 4 nitrogen and oxygen atoms in total. The minimum absolute atomic E-state index is 0.0410. The van der Waals surface area contributed by atoms with E-state index in [0.29, 0.717) is 19.1 Å². The van der Waals surface area contributed by atoms with Crippen LogP contribution in [-0.2, 0) is 9.53 Å². The zero-order valence-electron chi connectivity index (χ0n) is 10.5. The molecule has 0 bridgehead atoms. The summed E-state index contributed by atoms with van der Waals surface area (Å²) in [7, 11) is 1.67. The van der Waals surface area contributed by atoms with Crippen LogP contribution in [0.5, 0.6) is 0 Å². The molecule has 0 rings (SSSR count). The van der Waals surface area contributed by atoms with Gasteiger partial charge in [0.1, 0.15) is 0 Å². The van der Waals surface area contributed by atoms with Crippen molar-refractivity contribution in [2.45, 2.75) is 39.8 Å². The van der Waals surface area contributed by atoms with E-state index in [4.69, 9.17) is 4.74 Å². The maximum absolute atomic E-state index is 11.5. The molecule has 0 aliphatic rings. The summed E-state index contributed by atoms with van der Waals surface area (Å²) in [6.45, 7) is 9.31. The third-order valence-corrected chi connectivity index (χ3v) is 2.36. The third-order valence-electron chi connectivity index (χ3n) is 2.36. The van der Waals surface area contributed by atoms with E-state index in [0.717, 1.165) is 0 Å². The quantitative estimate of drug-likeness (QED) is 0.661. The van der Waals surface area contributed by atoms with E-state index in [1.165, 1.54) is 0 Å². The van der Waals surface area contributed by atoms with Gasteiger partial charge in [-0.25, -0.2) is 0 Å². The molecule has 0 aromatic carbocycles. The number of carbonyl (C=O) groups is 1. The average Bonchev–Trinajstić information content (AvgIpc) is 2.17. The Labute approximate surface area is 92.8 Å². The van der Waals surface area contributed by atoms with Crippen molar-refractivity contribution in [2.75, 3.05) is 20.3 Å². The van der Waals surface area contributed by atoms with Crippen molar-refractivity contribution in [1.29, 1.82) is 0 Å². The number of likely N-dealkylation sites (N-methyl/N-ethyl adjacent to an activating group) is 1. The van der Waals surface area contributed by atoms with E-state index in [1.807, 2.05) is 13.8 Å².